The number of carboxylic acid groups (broad SMARTS) is 1. The van der Waals surface area contributed by atoms with Crippen LogP contribution >= 0.6 is 0 Å². The van der Waals surface area contributed by atoms with E-state index in [1.807, 2.05) is 0 Å². The van der Waals surface area contributed by atoms with Crippen LogP contribution in [-0.2, 0) is 9.59 Å². The first-order chi connectivity index (χ1) is 16.8. The SMILES string of the molecule is COc1ccc(NC(=O)CN2C(=O)N/C(=C\c3ccc(-c4cccc(C(=O)O)c4)cc3)C2=O)cc1. The van der Waals surface area contributed by atoms with E-state index in [9.17, 15) is 19.2 Å². The largest absolute Gasteiger partial charge is 0.497 e. The number of methoxy groups -OCH3 is 1. The molecule has 176 valence electrons. The van der Waals surface area contributed by atoms with Crippen molar-refractivity contribution in [1.82, 2.24) is 10.2 Å². The van der Waals surface area contributed by atoms with Crippen LogP contribution in [0.15, 0.2) is 78.5 Å². The molecule has 0 bridgehead atoms. The number of amides is 4. The number of rotatable bonds is 7. The molecular formula is C26H21N3O6. The maximum absolute atomic E-state index is 12.7. The Balaban J connectivity index is 1.43. The zero-order valence-corrected chi connectivity index (χ0v) is 18.6. The van der Waals surface area contributed by atoms with E-state index in [1.54, 1.807) is 66.7 Å². The minimum absolute atomic E-state index is 0.0490. The number of urea groups is 1. The molecule has 4 rings (SSSR count). The lowest BCUT2D eigenvalue weighted by atomic mass is 10.0. The van der Waals surface area contributed by atoms with Gasteiger partial charge < -0.3 is 20.5 Å². The van der Waals surface area contributed by atoms with Crippen molar-refractivity contribution in [3.63, 3.8) is 0 Å². The number of ether oxygens (including phenoxy) is 1. The quantitative estimate of drug-likeness (QED) is 0.357. The molecule has 0 atom stereocenters. The van der Waals surface area contributed by atoms with Gasteiger partial charge in [0.05, 0.1) is 12.7 Å². The molecule has 35 heavy (non-hydrogen) atoms. The maximum Gasteiger partial charge on any atom is 0.335 e. The number of anilines is 1. The molecule has 9 nitrogen and oxygen atoms in total. The molecule has 1 heterocycles. The van der Waals surface area contributed by atoms with Gasteiger partial charge in [0.1, 0.15) is 18.0 Å². The molecule has 0 radical (unpaired) electrons. The highest BCUT2D eigenvalue weighted by Crippen LogP contribution is 2.23. The third-order valence-electron chi connectivity index (χ3n) is 5.30. The van der Waals surface area contributed by atoms with E-state index in [0.29, 0.717) is 17.0 Å². The van der Waals surface area contributed by atoms with E-state index in [1.165, 1.54) is 19.3 Å². The second-order valence-electron chi connectivity index (χ2n) is 7.66. The van der Waals surface area contributed by atoms with Crippen molar-refractivity contribution in [1.29, 1.82) is 0 Å². The normalized spacial score (nSPS) is 14.1. The van der Waals surface area contributed by atoms with Crippen LogP contribution in [-0.4, -0.2) is 47.5 Å². The van der Waals surface area contributed by atoms with Gasteiger partial charge in [-0.05, 0) is 59.2 Å². The van der Waals surface area contributed by atoms with Crippen molar-refractivity contribution >= 4 is 35.6 Å². The topological polar surface area (TPSA) is 125 Å². The molecule has 0 aliphatic carbocycles. The molecule has 4 amide bonds. The molecule has 1 saturated heterocycles. The van der Waals surface area contributed by atoms with Crippen LogP contribution in [0.3, 0.4) is 0 Å². The Morgan fingerprint density at radius 3 is 2.37 bits per heavy atom. The molecule has 1 aliphatic heterocycles. The van der Waals surface area contributed by atoms with Crippen molar-refractivity contribution in [3.8, 4) is 16.9 Å². The number of nitrogens with zero attached hydrogens (tertiary/aromatic N) is 1. The third-order valence-corrected chi connectivity index (χ3v) is 5.30. The number of imide groups is 1. The molecule has 3 aromatic rings. The van der Waals surface area contributed by atoms with Gasteiger partial charge in [0, 0.05) is 5.69 Å². The lowest BCUT2D eigenvalue weighted by Crippen LogP contribution is -2.38. The van der Waals surface area contributed by atoms with Crippen molar-refractivity contribution in [2.45, 2.75) is 0 Å². The van der Waals surface area contributed by atoms with Crippen molar-refractivity contribution in [3.05, 3.63) is 89.6 Å². The summed E-state index contributed by atoms with van der Waals surface area (Å²) in [5.74, 6) is -1.51. The van der Waals surface area contributed by atoms with Gasteiger partial charge in [-0.1, -0.05) is 36.4 Å². The summed E-state index contributed by atoms with van der Waals surface area (Å²) < 4.78 is 5.07. The highest BCUT2D eigenvalue weighted by atomic mass is 16.5. The van der Waals surface area contributed by atoms with Gasteiger partial charge in [0.15, 0.2) is 0 Å². The third kappa shape index (κ3) is 5.36. The Morgan fingerprint density at radius 2 is 1.71 bits per heavy atom. The highest BCUT2D eigenvalue weighted by Gasteiger charge is 2.34. The predicted octanol–water partition coefficient (Wildman–Crippen LogP) is 3.59. The van der Waals surface area contributed by atoms with E-state index in [2.05, 4.69) is 10.6 Å². The second kappa shape index (κ2) is 9.92. The minimum atomic E-state index is -1.01. The van der Waals surface area contributed by atoms with Gasteiger partial charge in [-0.2, -0.15) is 0 Å². The molecule has 1 fully saturated rings. The summed E-state index contributed by atoms with van der Waals surface area (Å²) in [6.45, 7) is -0.438. The van der Waals surface area contributed by atoms with Gasteiger partial charge in [0.2, 0.25) is 5.91 Å². The van der Waals surface area contributed by atoms with Gasteiger partial charge in [-0.15, -0.1) is 0 Å². The molecular weight excluding hydrogens is 450 g/mol. The first-order valence-electron chi connectivity index (χ1n) is 10.6. The first-order valence-corrected chi connectivity index (χ1v) is 10.6. The average molecular weight is 471 g/mol. The molecule has 0 aromatic heterocycles. The number of aromatic carboxylic acids is 1. The number of hydrogen-bond acceptors (Lipinski definition) is 5. The molecule has 9 heteroatoms. The summed E-state index contributed by atoms with van der Waals surface area (Å²) in [4.78, 5) is 49.4. The smallest absolute Gasteiger partial charge is 0.335 e. The van der Waals surface area contributed by atoms with Gasteiger partial charge in [0.25, 0.3) is 5.91 Å². The van der Waals surface area contributed by atoms with E-state index in [4.69, 9.17) is 9.84 Å². The highest BCUT2D eigenvalue weighted by molar-refractivity contribution is 6.16. The maximum atomic E-state index is 12.7. The fourth-order valence-corrected chi connectivity index (χ4v) is 3.50. The second-order valence-corrected chi connectivity index (χ2v) is 7.66. The monoisotopic (exact) mass is 471 g/mol. The number of nitrogens with one attached hydrogen (secondary N) is 2. The molecule has 3 N–H and O–H groups in total. The van der Waals surface area contributed by atoms with Crippen molar-refractivity contribution in [2.75, 3.05) is 19.0 Å². The van der Waals surface area contributed by atoms with E-state index < -0.39 is 30.4 Å². The number of carboxylic acids is 1. The number of carbonyl (C=O) groups is 4. The Kier molecular flexibility index (Phi) is 6.59. The van der Waals surface area contributed by atoms with Gasteiger partial charge >= 0.3 is 12.0 Å². The summed E-state index contributed by atoms with van der Waals surface area (Å²) in [7, 11) is 1.53. The van der Waals surface area contributed by atoms with Crippen molar-refractivity contribution in [2.24, 2.45) is 0 Å². The fourth-order valence-electron chi connectivity index (χ4n) is 3.50. The van der Waals surface area contributed by atoms with Crippen LogP contribution in [0.2, 0.25) is 0 Å². The Bertz CT molecular complexity index is 1330. The standard InChI is InChI=1S/C26H21N3O6/c1-35-21-11-9-20(10-12-21)27-23(30)15-29-24(31)22(28-26(29)34)13-16-5-7-17(8-6-16)18-3-2-4-19(14-18)25(32)33/h2-14H,15H2,1H3,(H,27,30)(H,28,34)(H,32,33)/b22-13-. The number of hydrogen-bond donors (Lipinski definition) is 3. The molecule has 0 saturated carbocycles. The van der Waals surface area contributed by atoms with Crippen LogP contribution in [0.5, 0.6) is 5.75 Å². The molecule has 3 aromatic carbocycles. The molecule has 0 unspecified atom stereocenters. The Labute approximate surface area is 200 Å². The van der Waals surface area contributed by atoms with Crippen molar-refractivity contribution < 1.29 is 29.0 Å². The predicted molar refractivity (Wildman–Crippen MR) is 129 cm³/mol. The molecule has 0 spiro atoms. The molecule has 1 aliphatic rings. The number of carbonyl (C=O) groups excluding carboxylic acids is 3. The fraction of sp³-hybridized carbons (Fsp3) is 0.0769. The van der Waals surface area contributed by atoms with Crippen LogP contribution < -0.4 is 15.4 Å². The Hall–Kier alpha value is -4.92. The average Bonchev–Trinajstić information content (AvgIpc) is 3.12. The zero-order valence-electron chi connectivity index (χ0n) is 18.6. The minimum Gasteiger partial charge on any atom is -0.497 e. The van der Waals surface area contributed by atoms with Crippen LogP contribution in [0.25, 0.3) is 17.2 Å². The van der Waals surface area contributed by atoms with Crippen LogP contribution in [0.4, 0.5) is 10.5 Å². The van der Waals surface area contributed by atoms with Crippen LogP contribution in [0, 0.1) is 0 Å². The van der Waals surface area contributed by atoms with E-state index in [0.717, 1.165) is 16.0 Å². The van der Waals surface area contributed by atoms with E-state index in [-0.39, 0.29) is 11.3 Å². The summed E-state index contributed by atoms with van der Waals surface area (Å²) in [6, 6.07) is 19.6. The zero-order chi connectivity index (χ0) is 24.9. The summed E-state index contributed by atoms with van der Waals surface area (Å²) in [5, 5.41) is 14.3. The van der Waals surface area contributed by atoms with Crippen LogP contribution in [0.1, 0.15) is 15.9 Å². The summed E-state index contributed by atoms with van der Waals surface area (Å²) in [5.41, 5.74) is 2.93. The first kappa shape index (κ1) is 23.2. The lowest BCUT2D eigenvalue weighted by molar-refractivity contribution is -0.127. The summed E-state index contributed by atoms with van der Waals surface area (Å²) >= 11 is 0. The van der Waals surface area contributed by atoms with Gasteiger partial charge in [-0.3, -0.25) is 9.59 Å². The van der Waals surface area contributed by atoms with Gasteiger partial charge in [-0.25, -0.2) is 14.5 Å². The summed E-state index contributed by atoms with van der Waals surface area (Å²) in [6.07, 6.45) is 1.51. The lowest BCUT2D eigenvalue weighted by Gasteiger charge is -2.12. The Morgan fingerprint density at radius 1 is 1.00 bits per heavy atom. The number of benzene rings is 3. The van der Waals surface area contributed by atoms with E-state index >= 15 is 0 Å².